The fourth-order valence-electron chi connectivity index (χ4n) is 3.77. The highest BCUT2D eigenvalue weighted by Gasteiger charge is 2.26. The molecular weight excluding hydrogens is 357 g/mol. The van der Waals surface area contributed by atoms with Crippen LogP contribution in [0.3, 0.4) is 0 Å². The van der Waals surface area contributed by atoms with Gasteiger partial charge in [0.1, 0.15) is 11.6 Å². The zero-order valence-electron chi connectivity index (χ0n) is 15.7. The molecule has 1 amide bonds. The molecule has 4 rings (SSSR count). The molecule has 1 heterocycles. The minimum atomic E-state index is -0.415. The number of carbonyl (C=O) groups is 1. The number of nitrogens with one attached hydrogen (secondary N) is 1. The minimum Gasteiger partial charge on any atom is -0.496 e. The maximum atomic E-state index is 13.4. The number of methoxy groups -OCH3 is 1. The maximum Gasteiger partial charge on any atom is 0.251 e. The highest BCUT2D eigenvalue weighted by atomic mass is 19.1. The zero-order chi connectivity index (χ0) is 19.5. The number of fused-ring (bicyclic) bond motifs is 1. The van der Waals surface area contributed by atoms with E-state index in [0.717, 1.165) is 41.8 Å². The Morgan fingerprint density at radius 2 is 2.14 bits per heavy atom. The van der Waals surface area contributed by atoms with Crippen LogP contribution in [0.2, 0.25) is 0 Å². The van der Waals surface area contributed by atoms with Crippen molar-refractivity contribution in [1.82, 2.24) is 15.1 Å². The lowest BCUT2D eigenvalue weighted by atomic mass is 9.92. The van der Waals surface area contributed by atoms with Gasteiger partial charge in [-0.3, -0.25) is 9.48 Å². The molecule has 0 bridgehead atoms. The average Bonchev–Trinajstić information content (AvgIpc) is 3.12. The quantitative estimate of drug-likeness (QED) is 0.732. The smallest absolute Gasteiger partial charge is 0.251 e. The van der Waals surface area contributed by atoms with E-state index in [0.29, 0.717) is 12.1 Å². The molecule has 1 aromatic heterocycles. The summed E-state index contributed by atoms with van der Waals surface area (Å²) in [7, 11) is 1.66. The van der Waals surface area contributed by atoms with Gasteiger partial charge in [0.05, 0.1) is 25.9 Å². The number of hydrogen-bond acceptors (Lipinski definition) is 3. The van der Waals surface area contributed by atoms with Gasteiger partial charge < -0.3 is 10.1 Å². The summed E-state index contributed by atoms with van der Waals surface area (Å²) in [5, 5.41) is 7.60. The van der Waals surface area contributed by atoms with Gasteiger partial charge in [-0.1, -0.05) is 24.3 Å². The Morgan fingerprint density at radius 1 is 1.29 bits per heavy atom. The van der Waals surface area contributed by atoms with Crippen LogP contribution >= 0.6 is 0 Å². The number of ether oxygens (including phenoxy) is 1. The zero-order valence-corrected chi connectivity index (χ0v) is 15.7. The van der Waals surface area contributed by atoms with Crippen LogP contribution in [-0.4, -0.2) is 22.8 Å². The van der Waals surface area contributed by atoms with E-state index in [1.807, 2.05) is 35.1 Å². The molecule has 28 heavy (non-hydrogen) atoms. The second kappa shape index (κ2) is 7.84. The lowest BCUT2D eigenvalue weighted by Gasteiger charge is -2.24. The second-order valence-corrected chi connectivity index (χ2v) is 6.94. The molecular formula is C22H22FN3O2. The van der Waals surface area contributed by atoms with Crippen LogP contribution in [0.25, 0.3) is 0 Å². The van der Waals surface area contributed by atoms with Crippen molar-refractivity contribution in [3.8, 4) is 5.75 Å². The highest BCUT2D eigenvalue weighted by molar-refractivity contribution is 5.94. The fourth-order valence-corrected chi connectivity index (χ4v) is 3.77. The van der Waals surface area contributed by atoms with E-state index in [1.165, 1.54) is 12.1 Å². The van der Waals surface area contributed by atoms with E-state index < -0.39 is 5.82 Å². The molecule has 5 nitrogen and oxygen atoms in total. The van der Waals surface area contributed by atoms with Crippen LogP contribution in [0.15, 0.2) is 54.7 Å². The molecule has 6 heteroatoms. The molecule has 0 saturated heterocycles. The minimum absolute atomic E-state index is 0.120. The molecule has 1 aliphatic rings. The first kappa shape index (κ1) is 18.2. The molecule has 1 aliphatic carbocycles. The molecule has 1 atom stereocenters. The van der Waals surface area contributed by atoms with Crippen molar-refractivity contribution in [1.29, 1.82) is 0 Å². The Kier molecular flexibility index (Phi) is 5.10. The number of hydrogen-bond donors (Lipinski definition) is 1. The van der Waals surface area contributed by atoms with Crippen LogP contribution in [0.1, 0.15) is 46.1 Å². The molecule has 0 spiro atoms. The Labute approximate surface area is 163 Å². The van der Waals surface area contributed by atoms with Crippen molar-refractivity contribution in [2.45, 2.75) is 31.8 Å². The third-order valence-electron chi connectivity index (χ3n) is 5.17. The van der Waals surface area contributed by atoms with Crippen molar-refractivity contribution < 1.29 is 13.9 Å². The average molecular weight is 379 g/mol. The summed E-state index contributed by atoms with van der Waals surface area (Å²) in [6.07, 6.45) is 4.55. The van der Waals surface area contributed by atoms with Crippen LogP contribution < -0.4 is 10.1 Å². The van der Waals surface area contributed by atoms with Crippen LogP contribution in [0.5, 0.6) is 5.75 Å². The summed E-state index contributed by atoms with van der Waals surface area (Å²) in [6, 6.07) is 13.5. The summed E-state index contributed by atoms with van der Waals surface area (Å²) < 4.78 is 20.8. The lowest BCUT2D eigenvalue weighted by Crippen LogP contribution is -2.31. The van der Waals surface area contributed by atoms with E-state index >= 15 is 0 Å². The van der Waals surface area contributed by atoms with Gasteiger partial charge in [-0.2, -0.15) is 5.10 Å². The van der Waals surface area contributed by atoms with Crippen molar-refractivity contribution in [2.24, 2.45) is 0 Å². The summed E-state index contributed by atoms with van der Waals surface area (Å²) >= 11 is 0. The van der Waals surface area contributed by atoms with E-state index in [4.69, 9.17) is 4.74 Å². The molecule has 0 unspecified atom stereocenters. The van der Waals surface area contributed by atoms with E-state index in [2.05, 4.69) is 10.4 Å². The number of nitrogens with zero attached hydrogens (tertiary/aromatic N) is 2. The number of para-hydroxylation sites is 1. The molecule has 1 N–H and O–H groups in total. The standard InChI is InChI=1S/C22H22FN3O2/c1-28-21-11-3-2-6-16(21)14-26-20-10-5-9-19(18(20)13-24-26)25-22(27)15-7-4-8-17(23)12-15/h2-4,6-8,11-13,19H,5,9-10,14H2,1H3,(H,25,27)/t19-/m1/s1. The number of benzene rings is 2. The van der Waals surface area contributed by atoms with Crippen LogP contribution in [-0.2, 0) is 13.0 Å². The third kappa shape index (κ3) is 3.63. The van der Waals surface area contributed by atoms with E-state index in [1.54, 1.807) is 19.2 Å². The van der Waals surface area contributed by atoms with Gasteiger partial charge in [-0.15, -0.1) is 0 Å². The molecule has 2 aromatic carbocycles. The largest absolute Gasteiger partial charge is 0.496 e. The van der Waals surface area contributed by atoms with Crippen molar-refractivity contribution >= 4 is 5.91 Å². The maximum absolute atomic E-state index is 13.4. The molecule has 0 aliphatic heterocycles. The Hall–Kier alpha value is -3.15. The lowest BCUT2D eigenvalue weighted by molar-refractivity contribution is 0.0932. The summed E-state index contributed by atoms with van der Waals surface area (Å²) in [5.41, 5.74) is 3.54. The Morgan fingerprint density at radius 3 is 2.96 bits per heavy atom. The first-order valence-electron chi connectivity index (χ1n) is 9.38. The van der Waals surface area contributed by atoms with Crippen molar-refractivity contribution in [3.05, 3.63) is 82.9 Å². The summed E-state index contributed by atoms with van der Waals surface area (Å²) in [6.45, 7) is 0.615. The van der Waals surface area contributed by atoms with E-state index in [-0.39, 0.29) is 11.9 Å². The number of rotatable bonds is 5. The van der Waals surface area contributed by atoms with Crippen molar-refractivity contribution in [3.63, 3.8) is 0 Å². The monoisotopic (exact) mass is 379 g/mol. The number of carbonyl (C=O) groups excluding carboxylic acids is 1. The van der Waals surface area contributed by atoms with Crippen LogP contribution in [0.4, 0.5) is 4.39 Å². The predicted octanol–water partition coefficient (Wildman–Crippen LogP) is 3.89. The van der Waals surface area contributed by atoms with Crippen molar-refractivity contribution in [2.75, 3.05) is 7.11 Å². The number of amides is 1. The number of halogens is 1. The third-order valence-corrected chi connectivity index (χ3v) is 5.17. The summed E-state index contributed by atoms with van der Waals surface area (Å²) in [5.74, 6) is 0.148. The normalized spacial score (nSPS) is 15.7. The molecule has 0 radical (unpaired) electrons. The second-order valence-electron chi connectivity index (χ2n) is 6.94. The molecule has 0 fully saturated rings. The first-order chi connectivity index (χ1) is 13.7. The van der Waals surface area contributed by atoms with Gasteiger partial charge >= 0.3 is 0 Å². The fraction of sp³-hybridized carbons (Fsp3) is 0.273. The Balaban J connectivity index is 1.55. The van der Waals surface area contributed by atoms with E-state index in [9.17, 15) is 9.18 Å². The molecule has 3 aromatic rings. The first-order valence-corrected chi connectivity index (χ1v) is 9.38. The van der Waals surface area contributed by atoms with Crippen LogP contribution in [0, 0.1) is 5.82 Å². The number of aromatic nitrogens is 2. The highest BCUT2D eigenvalue weighted by Crippen LogP contribution is 2.31. The molecule has 0 saturated carbocycles. The van der Waals surface area contributed by atoms with Gasteiger partial charge in [0.2, 0.25) is 0 Å². The Bertz CT molecular complexity index is 999. The van der Waals surface area contributed by atoms with Gasteiger partial charge in [-0.25, -0.2) is 4.39 Å². The summed E-state index contributed by atoms with van der Waals surface area (Å²) in [4.78, 5) is 12.5. The van der Waals surface area contributed by atoms with Gasteiger partial charge in [0.15, 0.2) is 0 Å². The topological polar surface area (TPSA) is 56.1 Å². The predicted molar refractivity (Wildman–Crippen MR) is 104 cm³/mol. The van der Waals surface area contributed by atoms with Gasteiger partial charge in [0, 0.05) is 22.4 Å². The van der Waals surface area contributed by atoms with Gasteiger partial charge in [-0.05, 0) is 43.5 Å². The molecule has 144 valence electrons. The van der Waals surface area contributed by atoms with Gasteiger partial charge in [0.25, 0.3) is 5.91 Å². The SMILES string of the molecule is COc1ccccc1Cn1ncc2c1CCC[C@H]2NC(=O)c1cccc(F)c1.